The normalized spacial score (nSPS) is 20.4. The van der Waals surface area contributed by atoms with Gasteiger partial charge in [-0.2, -0.15) is 0 Å². The Balaban J connectivity index is 1.65. The second-order valence-corrected chi connectivity index (χ2v) is 5.33. The first-order valence-corrected chi connectivity index (χ1v) is 6.88. The summed E-state index contributed by atoms with van der Waals surface area (Å²) in [5.74, 6) is 0.0824. The van der Waals surface area contributed by atoms with Crippen molar-refractivity contribution >= 4 is 23.5 Å². The van der Waals surface area contributed by atoms with E-state index in [0.29, 0.717) is 12.5 Å². The lowest BCUT2D eigenvalue weighted by molar-refractivity contribution is 0.0970. The number of guanidine groups is 1. The molecule has 0 bridgehead atoms. The summed E-state index contributed by atoms with van der Waals surface area (Å²) in [4.78, 5) is 24.2. The third-order valence-corrected chi connectivity index (χ3v) is 3.86. The lowest BCUT2D eigenvalue weighted by atomic mass is 9.89. The smallest absolute Gasteiger partial charge is 0.279 e. The van der Waals surface area contributed by atoms with Gasteiger partial charge in [0.2, 0.25) is 0 Å². The van der Waals surface area contributed by atoms with Crippen LogP contribution in [0.1, 0.15) is 23.3 Å². The molecule has 0 atom stereocenters. The summed E-state index contributed by atoms with van der Waals surface area (Å²) in [6.07, 6.45) is 4.84. The van der Waals surface area contributed by atoms with Crippen molar-refractivity contribution in [2.24, 2.45) is 4.99 Å². The summed E-state index contributed by atoms with van der Waals surface area (Å²) in [6.45, 7) is 2.60. The van der Waals surface area contributed by atoms with Crippen LogP contribution in [0.5, 0.6) is 0 Å². The molecule has 0 radical (unpaired) electrons. The number of rotatable bonds is 1. The third kappa shape index (κ3) is 2.59. The van der Waals surface area contributed by atoms with Gasteiger partial charge in [0.05, 0.1) is 12.1 Å². The van der Waals surface area contributed by atoms with Gasteiger partial charge in [0.25, 0.3) is 5.91 Å². The fourth-order valence-corrected chi connectivity index (χ4v) is 2.65. The lowest BCUT2D eigenvalue weighted by Crippen LogP contribution is -2.55. The minimum absolute atomic E-state index is 0.0278. The first-order chi connectivity index (χ1) is 9.69. The molecule has 0 aromatic carbocycles. The van der Waals surface area contributed by atoms with Crippen LogP contribution in [0.25, 0.3) is 0 Å². The van der Waals surface area contributed by atoms with Gasteiger partial charge in [-0.1, -0.05) is 11.6 Å². The molecule has 0 aliphatic carbocycles. The molecule has 1 aromatic heterocycles. The fourth-order valence-electron chi connectivity index (χ4n) is 2.46. The van der Waals surface area contributed by atoms with Gasteiger partial charge in [-0.3, -0.25) is 15.1 Å². The Kier molecular flexibility index (Phi) is 3.54. The number of halogens is 1. The number of nitrogens with zero attached hydrogens (tertiary/aromatic N) is 3. The molecule has 0 unspecified atom stereocenters. The second kappa shape index (κ2) is 5.34. The second-order valence-electron chi connectivity index (χ2n) is 4.97. The summed E-state index contributed by atoms with van der Waals surface area (Å²) < 4.78 is 0. The van der Waals surface area contributed by atoms with Gasteiger partial charge in [-0.15, -0.1) is 0 Å². The minimum atomic E-state index is -0.402. The number of carbonyl (C=O) groups excluding carboxylic acids is 1. The molecule has 1 spiro atoms. The van der Waals surface area contributed by atoms with Gasteiger partial charge in [0.15, 0.2) is 16.8 Å². The monoisotopic (exact) mass is 294 g/mol. The molecule has 1 saturated heterocycles. The predicted molar refractivity (Wildman–Crippen MR) is 74.8 cm³/mol. The van der Waals surface area contributed by atoms with E-state index in [4.69, 9.17) is 11.6 Å². The van der Waals surface area contributed by atoms with Crippen LogP contribution in [-0.4, -0.2) is 47.0 Å². The topological polar surface area (TPSA) is 91.3 Å². The van der Waals surface area contributed by atoms with Gasteiger partial charge in [-0.05, 0) is 25.9 Å². The summed E-state index contributed by atoms with van der Waals surface area (Å²) in [5.41, 5.74) is 0.0740. The van der Waals surface area contributed by atoms with Crippen molar-refractivity contribution in [2.45, 2.75) is 18.4 Å². The maximum atomic E-state index is 12.1. The van der Waals surface area contributed by atoms with Crippen molar-refractivity contribution < 1.29 is 4.79 Å². The van der Waals surface area contributed by atoms with Gasteiger partial charge in [0.1, 0.15) is 0 Å². The van der Waals surface area contributed by atoms with Crippen LogP contribution < -0.4 is 16.0 Å². The number of carbonyl (C=O) groups is 1. The van der Waals surface area contributed by atoms with E-state index in [9.17, 15) is 4.79 Å². The average molecular weight is 295 g/mol. The molecule has 2 aliphatic heterocycles. The van der Waals surface area contributed by atoms with E-state index >= 15 is 0 Å². The number of nitrogens with one attached hydrogen (secondary N) is 3. The minimum Gasteiger partial charge on any atom is -0.349 e. The number of piperidine rings is 1. The zero-order valence-corrected chi connectivity index (χ0v) is 11.6. The fraction of sp³-hybridized carbons (Fsp3) is 0.500. The largest absolute Gasteiger partial charge is 0.349 e. The van der Waals surface area contributed by atoms with Crippen LogP contribution >= 0.6 is 11.6 Å². The number of hydrogen-bond acceptors (Lipinski definition) is 6. The van der Waals surface area contributed by atoms with E-state index < -0.39 is 5.91 Å². The van der Waals surface area contributed by atoms with Gasteiger partial charge < -0.3 is 10.6 Å². The van der Waals surface area contributed by atoms with E-state index in [0.717, 1.165) is 25.9 Å². The zero-order chi connectivity index (χ0) is 14.0. The Morgan fingerprint density at radius 3 is 2.80 bits per heavy atom. The molecule has 1 fully saturated rings. The molecule has 3 heterocycles. The molecular weight excluding hydrogens is 280 g/mol. The van der Waals surface area contributed by atoms with Crippen molar-refractivity contribution in [3.63, 3.8) is 0 Å². The highest BCUT2D eigenvalue weighted by Crippen LogP contribution is 2.22. The van der Waals surface area contributed by atoms with Crippen LogP contribution in [0.4, 0.5) is 0 Å². The molecule has 3 rings (SSSR count). The molecule has 20 heavy (non-hydrogen) atoms. The van der Waals surface area contributed by atoms with E-state index in [1.165, 1.54) is 12.4 Å². The molecule has 7 nitrogen and oxygen atoms in total. The highest BCUT2D eigenvalue weighted by atomic mass is 35.5. The molecule has 8 heteroatoms. The summed E-state index contributed by atoms with van der Waals surface area (Å²) in [6, 6.07) is 0. The van der Waals surface area contributed by atoms with Crippen molar-refractivity contribution in [1.82, 2.24) is 25.9 Å². The van der Waals surface area contributed by atoms with Crippen molar-refractivity contribution in [2.75, 3.05) is 19.6 Å². The maximum absolute atomic E-state index is 12.1. The van der Waals surface area contributed by atoms with Crippen LogP contribution in [0.15, 0.2) is 17.4 Å². The van der Waals surface area contributed by atoms with Crippen molar-refractivity contribution in [1.29, 1.82) is 0 Å². The first kappa shape index (κ1) is 13.3. The SMILES string of the molecule is O=C(NC1=NCC2(CCNCC2)N1)c1nccnc1Cl. The van der Waals surface area contributed by atoms with Gasteiger partial charge in [-0.25, -0.2) is 9.97 Å². The standard InChI is InChI=1S/C12H15ClN6O/c13-9-8(15-5-6-16-9)10(20)18-11-17-7-12(19-11)1-3-14-4-2-12/h5-6,14H,1-4,7H2,(H2,17,18,19,20). The van der Waals surface area contributed by atoms with Gasteiger partial charge in [0, 0.05) is 12.4 Å². The summed E-state index contributed by atoms with van der Waals surface area (Å²) >= 11 is 5.84. The van der Waals surface area contributed by atoms with E-state index in [1.807, 2.05) is 0 Å². The molecule has 106 valence electrons. The maximum Gasteiger partial charge on any atom is 0.279 e. The van der Waals surface area contributed by atoms with Crippen molar-refractivity contribution in [3.8, 4) is 0 Å². The predicted octanol–water partition coefficient (Wildman–Crippen LogP) is -0.0588. The molecule has 2 aliphatic rings. The van der Waals surface area contributed by atoms with Crippen LogP contribution in [0.3, 0.4) is 0 Å². The third-order valence-electron chi connectivity index (χ3n) is 3.58. The van der Waals surface area contributed by atoms with E-state index in [-0.39, 0.29) is 16.4 Å². The number of hydrogen-bond donors (Lipinski definition) is 3. The molecule has 1 amide bonds. The number of aromatic nitrogens is 2. The molecule has 1 aromatic rings. The highest BCUT2D eigenvalue weighted by molar-refractivity contribution is 6.32. The Morgan fingerprint density at radius 1 is 1.30 bits per heavy atom. The Labute approximate surface area is 121 Å². The van der Waals surface area contributed by atoms with Gasteiger partial charge >= 0.3 is 0 Å². The molecular formula is C12H15ClN6O. The summed E-state index contributed by atoms with van der Waals surface area (Å²) in [7, 11) is 0. The van der Waals surface area contributed by atoms with Crippen LogP contribution in [0, 0.1) is 0 Å². The lowest BCUT2D eigenvalue weighted by Gasteiger charge is -2.33. The highest BCUT2D eigenvalue weighted by Gasteiger charge is 2.37. The first-order valence-electron chi connectivity index (χ1n) is 6.50. The summed E-state index contributed by atoms with van der Waals surface area (Å²) in [5, 5.41) is 9.41. The van der Waals surface area contributed by atoms with Crippen molar-refractivity contribution in [3.05, 3.63) is 23.2 Å². The Morgan fingerprint density at radius 2 is 2.05 bits per heavy atom. The van der Waals surface area contributed by atoms with Crippen LogP contribution in [0.2, 0.25) is 5.15 Å². The number of aliphatic imine (C=N–C) groups is 1. The quantitative estimate of drug-likeness (QED) is 0.675. The molecule has 0 saturated carbocycles. The Bertz CT molecular complexity index is 555. The van der Waals surface area contributed by atoms with E-state index in [1.54, 1.807) is 0 Å². The average Bonchev–Trinajstić information content (AvgIpc) is 2.82. The molecule has 3 N–H and O–H groups in total. The zero-order valence-electron chi connectivity index (χ0n) is 10.8. The Hall–Kier alpha value is -1.73. The van der Waals surface area contributed by atoms with E-state index in [2.05, 4.69) is 30.9 Å². The number of amides is 1. The van der Waals surface area contributed by atoms with Crippen LogP contribution in [-0.2, 0) is 0 Å².